The second-order valence-corrected chi connectivity index (χ2v) is 3.28. The smallest absolute Gasteiger partial charge is 0.310 e. The fraction of sp³-hybridized carbons (Fsp3) is 0.364. The quantitative estimate of drug-likeness (QED) is 0.829. The van der Waals surface area contributed by atoms with E-state index in [2.05, 4.69) is 9.72 Å². The highest BCUT2D eigenvalue weighted by Gasteiger charge is 2.24. The first-order valence-electron chi connectivity index (χ1n) is 5.05. The monoisotopic (exact) mass is 256 g/mol. The molecule has 0 spiro atoms. The van der Waals surface area contributed by atoms with Crippen LogP contribution in [0.15, 0.2) is 6.20 Å². The maximum Gasteiger partial charge on any atom is 0.310 e. The van der Waals surface area contributed by atoms with Crippen LogP contribution in [0.25, 0.3) is 0 Å². The molecule has 0 atom stereocenters. The largest absolute Gasteiger partial charge is 0.506 e. The first-order valence-corrected chi connectivity index (χ1v) is 5.05. The van der Waals surface area contributed by atoms with Crippen molar-refractivity contribution >= 4 is 5.97 Å². The van der Waals surface area contributed by atoms with Crippen molar-refractivity contribution in [3.8, 4) is 11.8 Å². The predicted octanol–water partition coefficient (Wildman–Crippen LogP) is 1.70. The lowest BCUT2D eigenvalue weighted by Crippen LogP contribution is -2.12. The molecule has 0 saturated heterocycles. The van der Waals surface area contributed by atoms with Gasteiger partial charge in [-0.3, -0.25) is 4.79 Å². The van der Waals surface area contributed by atoms with E-state index in [1.807, 2.05) is 0 Å². The van der Waals surface area contributed by atoms with E-state index in [1.165, 1.54) is 0 Å². The van der Waals surface area contributed by atoms with Crippen molar-refractivity contribution in [1.82, 2.24) is 4.98 Å². The Morgan fingerprint density at radius 2 is 2.33 bits per heavy atom. The van der Waals surface area contributed by atoms with Crippen LogP contribution in [0.5, 0.6) is 5.75 Å². The predicted molar refractivity (Wildman–Crippen MR) is 55.9 cm³/mol. The van der Waals surface area contributed by atoms with E-state index in [0.29, 0.717) is 0 Å². The average Bonchev–Trinajstić information content (AvgIpc) is 2.29. The molecule has 7 heteroatoms. The zero-order chi connectivity index (χ0) is 13.7. The molecule has 0 bridgehead atoms. The second-order valence-electron chi connectivity index (χ2n) is 3.28. The lowest BCUT2D eigenvalue weighted by Gasteiger charge is -2.11. The van der Waals surface area contributed by atoms with Crippen LogP contribution >= 0.6 is 0 Å². The highest BCUT2D eigenvalue weighted by atomic mass is 19.3. The number of aromatic hydroxyl groups is 1. The lowest BCUT2D eigenvalue weighted by molar-refractivity contribution is -0.142. The van der Waals surface area contributed by atoms with E-state index in [-0.39, 0.29) is 17.9 Å². The number of pyridine rings is 1. The number of carbonyl (C=O) groups excluding carboxylic acids is 1. The van der Waals surface area contributed by atoms with Gasteiger partial charge in [-0.05, 0) is 6.92 Å². The number of esters is 1. The van der Waals surface area contributed by atoms with Crippen molar-refractivity contribution in [3.63, 3.8) is 0 Å². The van der Waals surface area contributed by atoms with E-state index in [9.17, 15) is 18.7 Å². The lowest BCUT2D eigenvalue weighted by atomic mass is 10.0. The summed E-state index contributed by atoms with van der Waals surface area (Å²) in [5.41, 5.74) is -1.38. The van der Waals surface area contributed by atoms with Gasteiger partial charge in [-0.2, -0.15) is 5.26 Å². The summed E-state index contributed by atoms with van der Waals surface area (Å²) in [5.74, 6) is -1.51. The molecule has 0 saturated carbocycles. The molecule has 1 rings (SSSR count). The van der Waals surface area contributed by atoms with Gasteiger partial charge >= 0.3 is 5.97 Å². The molecular weight excluding hydrogens is 246 g/mol. The molecule has 18 heavy (non-hydrogen) atoms. The van der Waals surface area contributed by atoms with E-state index in [0.717, 1.165) is 6.20 Å². The molecule has 0 amide bonds. The number of hydrogen-bond donors (Lipinski definition) is 1. The Labute approximate surface area is 102 Å². The molecule has 0 aliphatic carbocycles. The number of carbonyl (C=O) groups is 1. The summed E-state index contributed by atoms with van der Waals surface area (Å²) in [6.07, 6.45) is -2.78. The highest BCUT2D eigenvalue weighted by Crippen LogP contribution is 2.32. The van der Waals surface area contributed by atoms with Crippen molar-refractivity contribution in [3.05, 3.63) is 23.0 Å². The Morgan fingerprint density at radius 3 is 2.83 bits per heavy atom. The second kappa shape index (κ2) is 5.91. The topological polar surface area (TPSA) is 83.2 Å². The Morgan fingerprint density at radius 1 is 1.67 bits per heavy atom. The molecule has 0 aliphatic heterocycles. The van der Waals surface area contributed by atoms with E-state index >= 15 is 0 Å². The Balaban J connectivity index is 3.25. The molecule has 96 valence electrons. The first kappa shape index (κ1) is 13.8. The highest BCUT2D eigenvalue weighted by molar-refractivity contribution is 5.74. The van der Waals surface area contributed by atoms with Crippen LogP contribution in [0.2, 0.25) is 0 Å². The van der Waals surface area contributed by atoms with Crippen LogP contribution in [0, 0.1) is 11.3 Å². The SMILES string of the molecule is CCOC(=O)Cc1c(C#N)ncc(O)c1C(F)F. The Hall–Kier alpha value is -2.23. The van der Waals surface area contributed by atoms with Crippen molar-refractivity contribution in [1.29, 1.82) is 5.26 Å². The zero-order valence-corrected chi connectivity index (χ0v) is 9.48. The standard InChI is InChI=1S/C11H10F2N2O3/c1-2-18-9(17)3-6-7(4-14)15-5-8(16)10(6)11(12)13/h5,11,16H,2-3H2,1H3. The van der Waals surface area contributed by atoms with Gasteiger partial charge in [0.15, 0.2) is 0 Å². The van der Waals surface area contributed by atoms with Crippen LogP contribution in [0.3, 0.4) is 0 Å². The van der Waals surface area contributed by atoms with Crippen LogP contribution in [-0.4, -0.2) is 22.7 Å². The summed E-state index contributed by atoms with van der Waals surface area (Å²) in [4.78, 5) is 14.8. The molecule has 0 unspecified atom stereocenters. The maximum absolute atomic E-state index is 12.8. The maximum atomic E-state index is 12.8. The Kier molecular flexibility index (Phi) is 4.54. The molecule has 1 aromatic heterocycles. The molecule has 1 N–H and O–H groups in total. The molecular formula is C11H10F2N2O3. The van der Waals surface area contributed by atoms with Gasteiger partial charge in [-0.25, -0.2) is 13.8 Å². The van der Waals surface area contributed by atoms with Crippen LogP contribution < -0.4 is 0 Å². The molecule has 0 aliphatic rings. The molecule has 0 aromatic carbocycles. The number of alkyl halides is 2. The van der Waals surface area contributed by atoms with Gasteiger partial charge in [0.05, 0.1) is 24.8 Å². The Bertz CT molecular complexity index is 498. The molecule has 0 fully saturated rings. The summed E-state index contributed by atoms with van der Waals surface area (Å²) < 4.78 is 30.2. The number of ether oxygens (including phenoxy) is 1. The van der Waals surface area contributed by atoms with Crippen LogP contribution in [-0.2, 0) is 16.0 Å². The van der Waals surface area contributed by atoms with Gasteiger partial charge in [0.2, 0.25) is 0 Å². The van der Waals surface area contributed by atoms with E-state index in [4.69, 9.17) is 5.26 Å². The number of rotatable bonds is 4. The summed E-state index contributed by atoms with van der Waals surface area (Å²) >= 11 is 0. The average molecular weight is 256 g/mol. The summed E-state index contributed by atoms with van der Waals surface area (Å²) in [6.45, 7) is 1.66. The number of halogens is 2. The summed E-state index contributed by atoms with van der Waals surface area (Å²) in [7, 11) is 0. The first-order chi connectivity index (χ1) is 8.51. The molecule has 5 nitrogen and oxygen atoms in total. The van der Waals surface area contributed by atoms with Crippen molar-refractivity contribution in [2.75, 3.05) is 6.61 Å². The third-order valence-electron chi connectivity index (χ3n) is 2.15. The van der Waals surface area contributed by atoms with E-state index in [1.54, 1.807) is 13.0 Å². The molecule has 0 radical (unpaired) electrons. The van der Waals surface area contributed by atoms with Crippen molar-refractivity contribution in [2.45, 2.75) is 19.8 Å². The third kappa shape index (κ3) is 2.91. The summed E-state index contributed by atoms with van der Waals surface area (Å²) in [6, 6.07) is 1.60. The minimum atomic E-state index is -3.01. The summed E-state index contributed by atoms with van der Waals surface area (Å²) in [5, 5.41) is 18.1. The van der Waals surface area contributed by atoms with Gasteiger partial charge in [-0.15, -0.1) is 0 Å². The molecule has 1 heterocycles. The van der Waals surface area contributed by atoms with Crippen LogP contribution in [0.4, 0.5) is 8.78 Å². The normalized spacial score (nSPS) is 10.2. The number of aromatic nitrogens is 1. The van der Waals surface area contributed by atoms with Crippen molar-refractivity contribution in [2.24, 2.45) is 0 Å². The third-order valence-corrected chi connectivity index (χ3v) is 2.15. The number of nitrogens with zero attached hydrogens (tertiary/aromatic N) is 2. The molecule has 1 aromatic rings. The van der Waals surface area contributed by atoms with Gasteiger partial charge in [-0.1, -0.05) is 0 Å². The number of nitriles is 1. The van der Waals surface area contributed by atoms with Crippen LogP contribution in [0.1, 0.15) is 30.2 Å². The minimum absolute atomic E-state index is 0.0942. The zero-order valence-electron chi connectivity index (χ0n) is 9.48. The fourth-order valence-electron chi connectivity index (χ4n) is 1.43. The fourth-order valence-corrected chi connectivity index (χ4v) is 1.43. The van der Waals surface area contributed by atoms with Gasteiger partial charge < -0.3 is 9.84 Å². The van der Waals surface area contributed by atoms with Gasteiger partial charge in [0.25, 0.3) is 6.43 Å². The number of hydrogen-bond acceptors (Lipinski definition) is 5. The van der Waals surface area contributed by atoms with Crippen molar-refractivity contribution < 1.29 is 23.4 Å². The van der Waals surface area contributed by atoms with E-state index < -0.39 is 30.1 Å². The van der Waals surface area contributed by atoms with Gasteiger partial charge in [0.1, 0.15) is 17.5 Å². The minimum Gasteiger partial charge on any atom is -0.506 e. The van der Waals surface area contributed by atoms with Gasteiger partial charge in [0, 0.05) is 5.56 Å².